The maximum absolute atomic E-state index is 12.1. The van der Waals surface area contributed by atoms with Crippen LogP contribution < -0.4 is 32.0 Å². The normalized spacial score (nSPS) is 12.2. The molecule has 0 radical (unpaired) electrons. The molecule has 2 aromatic rings. The van der Waals surface area contributed by atoms with Crippen molar-refractivity contribution < 1.29 is 36.9 Å². The van der Waals surface area contributed by atoms with Crippen LogP contribution in [0.25, 0.3) is 0 Å². The Morgan fingerprint density at radius 1 is 0.975 bits per heavy atom. The van der Waals surface area contributed by atoms with Crippen LogP contribution in [0.5, 0.6) is 11.5 Å². The van der Waals surface area contributed by atoms with Gasteiger partial charge in [0.1, 0.15) is 17.1 Å². The fraction of sp³-hybridized carbons (Fsp3) is 0.423. The van der Waals surface area contributed by atoms with Gasteiger partial charge in [-0.25, -0.2) is 9.79 Å². The molecule has 0 aromatic heterocycles. The van der Waals surface area contributed by atoms with Crippen LogP contribution in [0.3, 0.4) is 0 Å². The van der Waals surface area contributed by atoms with Gasteiger partial charge in [0.05, 0.1) is 26.9 Å². The van der Waals surface area contributed by atoms with Crippen molar-refractivity contribution in [1.29, 1.82) is 0 Å². The topological polar surface area (TPSA) is 169 Å². The summed E-state index contributed by atoms with van der Waals surface area (Å²) in [6.45, 7) is 1.17. The smallest absolute Gasteiger partial charge is 0.422 e. The first-order valence-corrected chi connectivity index (χ1v) is 12.4. The predicted octanol–water partition coefficient (Wildman–Crippen LogP) is 2.98. The fourth-order valence-corrected chi connectivity index (χ4v) is 3.18. The molecule has 0 saturated carbocycles. The van der Waals surface area contributed by atoms with Gasteiger partial charge in [0, 0.05) is 11.8 Å². The number of unbranched alkanes of at least 4 members (excludes halogenated alkanes) is 1. The Morgan fingerprint density at radius 2 is 1.68 bits per heavy atom. The van der Waals surface area contributed by atoms with Crippen molar-refractivity contribution in [1.82, 2.24) is 5.32 Å². The standard InChI is InChI=1S/C26H35F3N6O5/c1-37-23(36)21-10-7-19(30)15-22(21)39-13-3-2-11-33-12-4-14-38-20-8-5-18(6-9-20)16-34-24(31)35-25(32)40-17-26(27,28)29/h5-10,15,33H,2-4,11-14,16-17,30H2,1H3,(H4,31,32,34,35). The van der Waals surface area contributed by atoms with E-state index in [9.17, 15) is 18.0 Å². The lowest BCUT2D eigenvalue weighted by Gasteiger charge is -2.11. The number of hydrogen-bond acceptors (Lipinski definition) is 8. The molecule has 40 heavy (non-hydrogen) atoms. The van der Waals surface area contributed by atoms with Crippen LogP contribution in [-0.4, -0.2) is 64.1 Å². The predicted molar refractivity (Wildman–Crippen MR) is 145 cm³/mol. The number of methoxy groups -OCH3 is 1. The van der Waals surface area contributed by atoms with Gasteiger partial charge in [0.15, 0.2) is 6.61 Å². The van der Waals surface area contributed by atoms with Crippen molar-refractivity contribution in [3.8, 4) is 11.5 Å². The van der Waals surface area contributed by atoms with E-state index in [0.29, 0.717) is 36.0 Å². The second kappa shape index (κ2) is 16.7. The molecule has 0 bridgehead atoms. The number of nitrogens with two attached hydrogens (primary N) is 3. The summed E-state index contributed by atoms with van der Waals surface area (Å²) in [5.41, 5.74) is 18.2. The Balaban J connectivity index is 1.57. The molecule has 0 aliphatic rings. The highest BCUT2D eigenvalue weighted by Gasteiger charge is 2.28. The van der Waals surface area contributed by atoms with Gasteiger partial charge < -0.3 is 41.5 Å². The van der Waals surface area contributed by atoms with Crippen LogP contribution in [0, 0.1) is 0 Å². The maximum atomic E-state index is 12.1. The minimum atomic E-state index is -4.53. The summed E-state index contributed by atoms with van der Waals surface area (Å²) in [7, 11) is 1.31. The average Bonchev–Trinajstić information content (AvgIpc) is 2.91. The van der Waals surface area contributed by atoms with E-state index in [1.54, 1.807) is 42.5 Å². The highest BCUT2D eigenvalue weighted by atomic mass is 19.4. The summed E-state index contributed by atoms with van der Waals surface area (Å²) < 4.78 is 56.8. The molecule has 0 aliphatic carbocycles. The third kappa shape index (κ3) is 13.0. The number of alkyl halides is 3. The number of carbonyl (C=O) groups is 1. The Kier molecular flexibility index (Phi) is 13.4. The number of halogens is 3. The lowest BCUT2D eigenvalue weighted by Crippen LogP contribution is -2.27. The summed E-state index contributed by atoms with van der Waals surface area (Å²) in [5, 5.41) is 3.34. The Bertz CT molecular complexity index is 1130. The minimum Gasteiger partial charge on any atom is -0.494 e. The largest absolute Gasteiger partial charge is 0.494 e. The highest BCUT2D eigenvalue weighted by Crippen LogP contribution is 2.23. The second-order valence-electron chi connectivity index (χ2n) is 8.43. The molecule has 2 aromatic carbocycles. The van der Waals surface area contributed by atoms with Gasteiger partial charge >= 0.3 is 12.1 Å². The van der Waals surface area contributed by atoms with Crippen molar-refractivity contribution in [3.05, 3.63) is 53.6 Å². The summed E-state index contributed by atoms with van der Waals surface area (Å²) in [4.78, 5) is 19.2. The van der Waals surface area contributed by atoms with E-state index in [2.05, 4.69) is 20.0 Å². The first-order chi connectivity index (χ1) is 19.1. The number of nitrogens with one attached hydrogen (secondary N) is 1. The van der Waals surface area contributed by atoms with Gasteiger partial charge in [-0.2, -0.15) is 18.2 Å². The summed E-state index contributed by atoms with van der Waals surface area (Å²) in [6, 6.07) is 11.2. The Morgan fingerprint density at radius 3 is 2.38 bits per heavy atom. The molecule has 0 aliphatic heterocycles. The molecule has 14 heteroatoms. The lowest BCUT2D eigenvalue weighted by atomic mass is 10.2. The summed E-state index contributed by atoms with van der Waals surface area (Å²) >= 11 is 0. The maximum Gasteiger partial charge on any atom is 0.422 e. The molecule has 0 unspecified atom stereocenters. The molecule has 0 saturated heterocycles. The van der Waals surface area contributed by atoms with Crippen LogP contribution >= 0.6 is 0 Å². The zero-order valence-electron chi connectivity index (χ0n) is 22.2. The van der Waals surface area contributed by atoms with E-state index in [1.165, 1.54) is 7.11 Å². The molecule has 0 fully saturated rings. The van der Waals surface area contributed by atoms with Crippen LogP contribution in [0.4, 0.5) is 18.9 Å². The number of nitrogens with zero attached hydrogens (tertiary/aromatic N) is 2. The summed E-state index contributed by atoms with van der Waals surface area (Å²) in [6.07, 6.45) is -2.03. The van der Waals surface area contributed by atoms with Gasteiger partial charge in [-0.3, -0.25) is 0 Å². The van der Waals surface area contributed by atoms with Crippen molar-refractivity contribution in [2.24, 2.45) is 21.5 Å². The molecule has 0 heterocycles. The van der Waals surface area contributed by atoms with Gasteiger partial charge in [-0.1, -0.05) is 12.1 Å². The van der Waals surface area contributed by atoms with Gasteiger partial charge in [0.25, 0.3) is 6.02 Å². The monoisotopic (exact) mass is 568 g/mol. The van der Waals surface area contributed by atoms with Crippen molar-refractivity contribution in [2.45, 2.75) is 32.0 Å². The zero-order valence-corrected chi connectivity index (χ0v) is 22.2. The number of guanidine groups is 1. The number of carbonyl (C=O) groups excluding carboxylic acids is 1. The lowest BCUT2D eigenvalue weighted by molar-refractivity contribution is -0.156. The van der Waals surface area contributed by atoms with Gasteiger partial charge in [-0.05, 0) is 62.2 Å². The minimum absolute atomic E-state index is 0.156. The number of nitrogen functional groups attached to an aromatic ring is 1. The third-order valence-electron chi connectivity index (χ3n) is 5.14. The SMILES string of the molecule is COC(=O)c1ccc(N)cc1OCCCCNCCCOc1ccc(CN=C(N)N=C(N)OCC(F)(F)F)cc1. The number of anilines is 1. The molecule has 11 nitrogen and oxygen atoms in total. The van der Waals surface area contributed by atoms with Crippen LogP contribution in [0.15, 0.2) is 52.4 Å². The van der Waals surface area contributed by atoms with Crippen molar-refractivity contribution >= 4 is 23.6 Å². The number of rotatable bonds is 15. The zero-order chi connectivity index (χ0) is 29.4. The fourth-order valence-electron chi connectivity index (χ4n) is 3.18. The van der Waals surface area contributed by atoms with E-state index in [1.807, 2.05) is 0 Å². The van der Waals surface area contributed by atoms with E-state index in [4.69, 9.17) is 31.4 Å². The van der Waals surface area contributed by atoms with Crippen LogP contribution in [0.1, 0.15) is 35.2 Å². The molecule has 0 amide bonds. The van der Waals surface area contributed by atoms with E-state index < -0.39 is 24.8 Å². The summed E-state index contributed by atoms with van der Waals surface area (Å²) in [5.74, 6) is 0.331. The quantitative estimate of drug-likeness (QED) is 0.0830. The number of hydrogen-bond donors (Lipinski definition) is 4. The molecule has 7 N–H and O–H groups in total. The Hall–Kier alpha value is -4.20. The number of ether oxygens (including phenoxy) is 4. The first kappa shape index (κ1) is 32.0. The van der Waals surface area contributed by atoms with Crippen LogP contribution in [-0.2, 0) is 16.0 Å². The van der Waals surface area contributed by atoms with Crippen molar-refractivity contribution in [3.63, 3.8) is 0 Å². The molecule has 2 rings (SSSR count). The van der Waals surface area contributed by atoms with Gasteiger partial charge in [0.2, 0.25) is 5.96 Å². The molecular weight excluding hydrogens is 533 g/mol. The Labute approximate surface area is 230 Å². The van der Waals surface area contributed by atoms with E-state index in [0.717, 1.165) is 37.9 Å². The van der Waals surface area contributed by atoms with E-state index >= 15 is 0 Å². The number of esters is 1. The number of aliphatic imine (C=N–C) groups is 2. The van der Waals surface area contributed by atoms with Crippen molar-refractivity contribution in [2.75, 3.05) is 45.8 Å². The number of benzene rings is 2. The average molecular weight is 569 g/mol. The molecule has 0 spiro atoms. The van der Waals surface area contributed by atoms with E-state index in [-0.39, 0.29) is 12.5 Å². The number of amidine groups is 1. The van der Waals surface area contributed by atoms with Gasteiger partial charge in [-0.15, -0.1) is 0 Å². The third-order valence-corrected chi connectivity index (χ3v) is 5.14. The second-order valence-corrected chi connectivity index (χ2v) is 8.43. The first-order valence-electron chi connectivity index (χ1n) is 12.4. The van der Waals surface area contributed by atoms with Crippen LogP contribution in [0.2, 0.25) is 0 Å². The molecule has 220 valence electrons. The molecule has 0 atom stereocenters. The molecular formula is C26H35F3N6O5. The highest BCUT2D eigenvalue weighted by molar-refractivity contribution is 5.93.